The minimum atomic E-state index is -3.38. The molecule has 1 amide bonds. The van der Waals surface area contributed by atoms with Crippen molar-refractivity contribution < 1.29 is 23.1 Å². The molecule has 2 aliphatic rings. The highest BCUT2D eigenvalue weighted by atomic mass is 32.2. The van der Waals surface area contributed by atoms with Crippen LogP contribution in [0.5, 0.6) is 0 Å². The number of piperidine rings is 1. The fourth-order valence-corrected chi connectivity index (χ4v) is 4.17. The van der Waals surface area contributed by atoms with E-state index in [1.165, 1.54) is 4.31 Å². The first-order valence-corrected chi connectivity index (χ1v) is 9.08. The van der Waals surface area contributed by atoms with E-state index < -0.39 is 10.0 Å². The van der Waals surface area contributed by atoms with Gasteiger partial charge in [0.25, 0.3) is 0 Å². The number of morpholine rings is 1. The summed E-state index contributed by atoms with van der Waals surface area (Å²) >= 11 is 0. The highest BCUT2D eigenvalue weighted by molar-refractivity contribution is 7.89. The van der Waals surface area contributed by atoms with Crippen LogP contribution < -0.4 is 0 Å². The first kappa shape index (κ1) is 16.7. The van der Waals surface area contributed by atoms with Crippen LogP contribution in [0.25, 0.3) is 0 Å². The number of aliphatic hydroxyl groups excluding tert-OH is 1. The van der Waals surface area contributed by atoms with Gasteiger partial charge in [-0.05, 0) is 18.8 Å². The number of amides is 1. The van der Waals surface area contributed by atoms with E-state index in [0.29, 0.717) is 39.4 Å². The van der Waals surface area contributed by atoms with Crippen molar-refractivity contribution in [3.63, 3.8) is 0 Å². The van der Waals surface area contributed by atoms with Gasteiger partial charge in [0.15, 0.2) is 0 Å². The second kappa shape index (κ2) is 7.53. The normalized spacial score (nSPS) is 25.0. The lowest BCUT2D eigenvalue weighted by molar-refractivity contribution is -0.132. The van der Waals surface area contributed by atoms with Crippen LogP contribution in [-0.2, 0) is 19.6 Å². The summed E-state index contributed by atoms with van der Waals surface area (Å²) in [6.07, 6.45) is 1.80. The second-order valence-electron chi connectivity index (χ2n) is 5.61. The zero-order valence-corrected chi connectivity index (χ0v) is 13.1. The van der Waals surface area contributed by atoms with Crippen LogP contribution in [0.3, 0.4) is 0 Å². The van der Waals surface area contributed by atoms with E-state index in [9.17, 15) is 13.2 Å². The van der Waals surface area contributed by atoms with Crippen LogP contribution in [0.2, 0.25) is 0 Å². The SMILES string of the molecule is O=C(CCS(=O)(=O)N1CCOCC1)N1CCCC(CO)C1. The molecule has 0 aliphatic carbocycles. The molecule has 0 aromatic heterocycles. The minimum absolute atomic E-state index is 0.0117. The molecule has 0 saturated carbocycles. The number of hydrogen-bond acceptors (Lipinski definition) is 5. The average molecular weight is 320 g/mol. The van der Waals surface area contributed by atoms with Gasteiger partial charge in [0, 0.05) is 39.2 Å². The van der Waals surface area contributed by atoms with Crippen molar-refractivity contribution in [2.45, 2.75) is 19.3 Å². The first-order valence-electron chi connectivity index (χ1n) is 7.47. The van der Waals surface area contributed by atoms with Gasteiger partial charge in [-0.1, -0.05) is 0 Å². The summed E-state index contributed by atoms with van der Waals surface area (Å²) in [6.45, 7) is 2.84. The predicted molar refractivity (Wildman–Crippen MR) is 77.2 cm³/mol. The fraction of sp³-hybridized carbons (Fsp3) is 0.923. The molecule has 21 heavy (non-hydrogen) atoms. The predicted octanol–water partition coefficient (Wildman–Crippen LogP) is -0.731. The summed E-state index contributed by atoms with van der Waals surface area (Å²) in [6, 6.07) is 0. The third-order valence-corrected chi connectivity index (χ3v) is 5.94. The summed E-state index contributed by atoms with van der Waals surface area (Å²) in [5.41, 5.74) is 0. The quantitative estimate of drug-likeness (QED) is 0.722. The zero-order chi connectivity index (χ0) is 15.3. The van der Waals surface area contributed by atoms with Crippen molar-refractivity contribution in [3.8, 4) is 0 Å². The van der Waals surface area contributed by atoms with Crippen LogP contribution in [0.1, 0.15) is 19.3 Å². The molecule has 122 valence electrons. The van der Waals surface area contributed by atoms with Crippen LogP contribution in [-0.4, -0.2) is 80.4 Å². The maximum Gasteiger partial charge on any atom is 0.223 e. The monoisotopic (exact) mass is 320 g/mol. The number of nitrogens with zero attached hydrogens (tertiary/aromatic N) is 2. The second-order valence-corrected chi connectivity index (χ2v) is 7.70. The number of rotatable bonds is 5. The topological polar surface area (TPSA) is 87.2 Å². The van der Waals surface area contributed by atoms with E-state index in [0.717, 1.165) is 12.8 Å². The van der Waals surface area contributed by atoms with Crippen molar-refractivity contribution in [1.82, 2.24) is 9.21 Å². The Bertz CT molecular complexity index is 447. The van der Waals surface area contributed by atoms with E-state index in [4.69, 9.17) is 9.84 Å². The average Bonchev–Trinajstić information content (AvgIpc) is 2.53. The van der Waals surface area contributed by atoms with Crippen molar-refractivity contribution in [2.75, 3.05) is 51.8 Å². The molecule has 2 heterocycles. The van der Waals surface area contributed by atoms with Crippen molar-refractivity contribution in [3.05, 3.63) is 0 Å². The third-order valence-electron chi connectivity index (χ3n) is 4.07. The Hall–Kier alpha value is -0.700. The molecule has 1 N–H and O–H groups in total. The van der Waals surface area contributed by atoms with Gasteiger partial charge in [0.1, 0.15) is 0 Å². The van der Waals surface area contributed by atoms with Gasteiger partial charge in [-0.15, -0.1) is 0 Å². The molecule has 2 rings (SSSR count). The van der Waals surface area contributed by atoms with Crippen LogP contribution in [0.4, 0.5) is 0 Å². The van der Waals surface area contributed by atoms with Crippen molar-refractivity contribution >= 4 is 15.9 Å². The van der Waals surface area contributed by atoms with Gasteiger partial charge < -0.3 is 14.7 Å². The summed E-state index contributed by atoms with van der Waals surface area (Å²) < 4.78 is 30.8. The number of aliphatic hydroxyl groups is 1. The first-order chi connectivity index (χ1) is 10.0. The highest BCUT2D eigenvalue weighted by Gasteiger charge is 2.27. The number of ether oxygens (including phenoxy) is 1. The Labute approximate surface area is 125 Å². The summed E-state index contributed by atoms with van der Waals surface area (Å²) in [5.74, 6) is -0.157. The molecular formula is C13H24N2O5S. The number of sulfonamides is 1. The fourth-order valence-electron chi connectivity index (χ4n) is 2.77. The molecule has 0 bridgehead atoms. The van der Waals surface area contributed by atoms with E-state index >= 15 is 0 Å². The third kappa shape index (κ3) is 4.64. The molecule has 7 nitrogen and oxygen atoms in total. The lowest BCUT2D eigenvalue weighted by Gasteiger charge is -2.32. The molecule has 0 radical (unpaired) electrons. The van der Waals surface area contributed by atoms with Gasteiger partial charge in [0.05, 0.1) is 19.0 Å². The Kier molecular flexibility index (Phi) is 5.98. The van der Waals surface area contributed by atoms with Crippen molar-refractivity contribution in [1.29, 1.82) is 0 Å². The lowest BCUT2D eigenvalue weighted by Crippen LogP contribution is -2.44. The summed E-state index contributed by atoms with van der Waals surface area (Å²) in [5, 5.41) is 9.17. The molecule has 1 atom stereocenters. The van der Waals surface area contributed by atoms with Gasteiger partial charge in [0.2, 0.25) is 15.9 Å². The maximum atomic E-state index is 12.2. The van der Waals surface area contributed by atoms with Gasteiger partial charge in [-0.3, -0.25) is 4.79 Å². The van der Waals surface area contributed by atoms with Crippen molar-refractivity contribution in [2.24, 2.45) is 5.92 Å². The smallest absolute Gasteiger partial charge is 0.223 e. The number of likely N-dealkylation sites (tertiary alicyclic amines) is 1. The molecule has 0 aromatic carbocycles. The minimum Gasteiger partial charge on any atom is -0.396 e. The molecule has 8 heteroatoms. The van der Waals surface area contributed by atoms with E-state index in [-0.39, 0.29) is 30.6 Å². The molecule has 2 fully saturated rings. The van der Waals surface area contributed by atoms with E-state index in [1.807, 2.05) is 0 Å². The van der Waals surface area contributed by atoms with Gasteiger partial charge in [-0.2, -0.15) is 4.31 Å². The zero-order valence-electron chi connectivity index (χ0n) is 12.2. The highest BCUT2D eigenvalue weighted by Crippen LogP contribution is 2.17. The van der Waals surface area contributed by atoms with Gasteiger partial charge >= 0.3 is 0 Å². The molecule has 2 aliphatic heterocycles. The summed E-state index contributed by atoms with van der Waals surface area (Å²) in [7, 11) is -3.38. The Morgan fingerprint density at radius 1 is 1.24 bits per heavy atom. The van der Waals surface area contributed by atoms with Crippen LogP contribution in [0, 0.1) is 5.92 Å². The number of hydrogen-bond donors (Lipinski definition) is 1. The lowest BCUT2D eigenvalue weighted by atomic mass is 9.99. The standard InChI is InChI=1S/C13H24N2O5S/c16-11-12-2-1-4-14(10-12)13(17)3-9-21(18,19)15-5-7-20-8-6-15/h12,16H,1-11H2. The Morgan fingerprint density at radius 3 is 2.62 bits per heavy atom. The number of carbonyl (C=O) groups excluding carboxylic acids is 1. The van der Waals surface area contributed by atoms with E-state index in [2.05, 4.69) is 0 Å². The number of carbonyl (C=O) groups is 1. The summed E-state index contributed by atoms with van der Waals surface area (Å²) in [4.78, 5) is 13.8. The molecule has 0 aromatic rings. The van der Waals surface area contributed by atoms with E-state index in [1.54, 1.807) is 4.90 Å². The largest absolute Gasteiger partial charge is 0.396 e. The molecule has 0 spiro atoms. The van der Waals surface area contributed by atoms with Gasteiger partial charge in [-0.25, -0.2) is 8.42 Å². The maximum absolute atomic E-state index is 12.2. The molecular weight excluding hydrogens is 296 g/mol. The van der Waals surface area contributed by atoms with Crippen LogP contribution in [0.15, 0.2) is 0 Å². The van der Waals surface area contributed by atoms with Crippen LogP contribution >= 0.6 is 0 Å². The Morgan fingerprint density at radius 2 is 1.95 bits per heavy atom. The molecule has 2 saturated heterocycles. The Balaban J connectivity index is 1.82. The molecule has 1 unspecified atom stereocenters.